The smallest absolute Gasteiger partial charge is 0.321 e. The molecule has 0 aromatic carbocycles. The van der Waals surface area contributed by atoms with E-state index in [1.807, 2.05) is 6.92 Å². The number of rotatable bonds is 9. The molecule has 6 heteroatoms. The molecular weight excluding hydrogens is 250 g/mol. The topological polar surface area (TPSA) is 94.9 Å². The van der Waals surface area contributed by atoms with E-state index in [1.165, 1.54) is 11.8 Å². The van der Waals surface area contributed by atoms with E-state index >= 15 is 0 Å². The number of nitrogens with zero attached hydrogens (tertiary/aromatic N) is 1. The third-order valence-corrected chi connectivity index (χ3v) is 3.46. The van der Waals surface area contributed by atoms with Gasteiger partial charge in [-0.25, -0.2) is 0 Å². The lowest BCUT2D eigenvalue weighted by atomic mass is 9.95. The van der Waals surface area contributed by atoms with Crippen molar-refractivity contribution >= 4 is 17.7 Å². The molecule has 0 amide bonds. The first-order valence-electron chi connectivity index (χ1n) is 6.43. The van der Waals surface area contributed by atoms with Crippen molar-refractivity contribution in [2.24, 2.45) is 5.92 Å². The van der Waals surface area contributed by atoms with Gasteiger partial charge in [0, 0.05) is 6.54 Å². The van der Waals surface area contributed by atoms with Gasteiger partial charge in [0.2, 0.25) is 0 Å². The van der Waals surface area contributed by atoms with Crippen LogP contribution in [0.5, 0.6) is 0 Å². The number of carbonyl (C=O) groups excluding carboxylic acids is 1. The molecule has 0 saturated heterocycles. The average Bonchev–Trinajstić information content (AvgIpc) is 2.31. The molecule has 0 aliphatic carbocycles. The minimum atomic E-state index is -1.02. The summed E-state index contributed by atoms with van der Waals surface area (Å²) in [7, 11) is 0. The van der Waals surface area contributed by atoms with Crippen LogP contribution in [0.2, 0.25) is 0 Å². The van der Waals surface area contributed by atoms with Crippen molar-refractivity contribution in [2.75, 3.05) is 6.54 Å². The minimum Gasteiger partial charge on any atom is -0.481 e. The minimum absolute atomic E-state index is 0.0530. The molecule has 0 spiro atoms. The molecule has 0 radical (unpaired) electrons. The zero-order valence-electron chi connectivity index (χ0n) is 11.9. The second-order valence-corrected chi connectivity index (χ2v) is 4.84. The highest BCUT2D eigenvalue weighted by Gasteiger charge is 2.34. The summed E-state index contributed by atoms with van der Waals surface area (Å²) in [6, 6.07) is -1.45. The van der Waals surface area contributed by atoms with E-state index in [0.29, 0.717) is 6.42 Å². The molecule has 0 aliphatic rings. The Kier molecular flexibility index (Phi) is 7.29. The summed E-state index contributed by atoms with van der Waals surface area (Å²) in [5.41, 5.74) is 0. The number of aliphatic carboxylic acids is 2. The van der Waals surface area contributed by atoms with Crippen molar-refractivity contribution in [3.63, 3.8) is 0 Å². The average molecular weight is 273 g/mol. The summed E-state index contributed by atoms with van der Waals surface area (Å²) in [5, 5.41) is 18.1. The maximum absolute atomic E-state index is 11.5. The maximum Gasteiger partial charge on any atom is 0.321 e. The van der Waals surface area contributed by atoms with Crippen LogP contribution in [0, 0.1) is 5.92 Å². The number of carboxylic acid groups (broad SMARTS) is 2. The van der Waals surface area contributed by atoms with E-state index in [4.69, 9.17) is 5.11 Å². The van der Waals surface area contributed by atoms with Crippen LogP contribution in [0.15, 0.2) is 0 Å². The Hall–Kier alpha value is -1.43. The summed E-state index contributed by atoms with van der Waals surface area (Å²) < 4.78 is 0. The summed E-state index contributed by atoms with van der Waals surface area (Å²) in [6.07, 6.45) is 0.461. The van der Waals surface area contributed by atoms with Gasteiger partial charge in [-0.2, -0.15) is 0 Å². The largest absolute Gasteiger partial charge is 0.481 e. The van der Waals surface area contributed by atoms with Crippen LogP contribution in [-0.2, 0) is 14.4 Å². The number of hydrogen-bond acceptors (Lipinski definition) is 4. The molecule has 0 rings (SSSR count). The monoisotopic (exact) mass is 273 g/mol. The molecule has 110 valence electrons. The maximum atomic E-state index is 11.5. The van der Waals surface area contributed by atoms with Crippen LogP contribution in [0.1, 0.15) is 40.5 Å². The van der Waals surface area contributed by atoms with E-state index in [2.05, 4.69) is 0 Å². The van der Waals surface area contributed by atoms with E-state index in [1.54, 1.807) is 13.8 Å². The second-order valence-electron chi connectivity index (χ2n) is 4.84. The van der Waals surface area contributed by atoms with E-state index < -0.39 is 24.0 Å². The molecule has 19 heavy (non-hydrogen) atoms. The molecule has 0 heterocycles. The molecule has 0 aromatic rings. The first kappa shape index (κ1) is 17.6. The molecular formula is C13H23NO5. The number of hydrogen-bond donors (Lipinski definition) is 2. The molecule has 6 nitrogen and oxygen atoms in total. The Balaban J connectivity index is 5.20. The Morgan fingerprint density at radius 2 is 1.68 bits per heavy atom. The van der Waals surface area contributed by atoms with Crippen LogP contribution < -0.4 is 0 Å². The highest BCUT2D eigenvalue weighted by molar-refractivity contribution is 5.82. The Morgan fingerprint density at radius 3 is 2.00 bits per heavy atom. The third-order valence-electron chi connectivity index (χ3n) is 3.46. The van der Waals surface area contributed by atoms with Gasteiger partial charge in [0.15, 0.2) is 0 Å². The highest BCUT2D eigenvalue weighted by atomic mass is 16.4. The number of ketones is 1. The van der Waals surface area contributed by atoms with Crippen molar-refractivity contribution in [3.8, 4) is 0 Å². The van der Waals surface area contributed by atoms with Crippen LogP contribution in [0.4, 0.5) is 0 Å². The molecule has 2 N–H and O–H groups in total. The van der Waals surface area contributed by atoms with E-state index in [0.717, 1.165) is 0 Å². The molecule has 0 bridgehead atoms. The van der Waals surface area contributed by atoms with Gasteiger partial charge in [0.05, 0.1) is 12.5 Å². The van der Waals surface area contributed by atoms with Gasteiger partial charge >= 0.3 is 11.9 Å². The normalized spacial score (nSPS) is 15.8. The fraction of sp³-hybridized carbons (Fsp3) is 0.769. The van der Waals surface area contributed by atoms with Crippen LogP contribution in [-0.4, -0.2) is 51.5 Å². The Bertz CT molecular complexity index is 342. The summed E-state index contributed by atoms with van der Waals surface area (Å²) in [4.78, 5) is 35.0. The third kappa shape index (κ3) is 5.38. The molecule has 0 aromatic heterocycles. The van der Waals surface area contributed by atoms with Crippen molar-refractivity contribution in [2.45, 2.75) is 52.6 Å². The zero-order chi connectivity index (χ0) is 15.2. The lowest BCUT2D eigenvalue weighted by Gasteiger charge is -2.35. The lowest BCUT2D eigenvalue weighted by Crippen LogP contribution is -2.52. The van der Waals surface area contributed by atoms with Gasteiger partial charge in [-0.15, -0.1) is 0 Å². The fourth-order valence-corrected chi connectivity index (χ4v) is 1.97. The van der Waals surface area contributed by atoms with Crippen molar-refractivity contribution in [1.82, 2.24) is 4.90 Å². The van der Waals surface area contributed by atoms with Crippen LogP contribution in [0.3, 0.4) is 0 Å². The SMILES string of the molecule is CCC(C)C(C(=O)O)N(CCC(=O)O)C(C)C(C)=O. The molecule has 3 atom stereocenters. The number of carboxylic acids is 2. The van der Waals surface area contributed by atoms with Crippen molar-refractivity contribution < 1.29 is 24.6 Å². The predicted octanol–water partition coefficient (Wildman–Crippen LogP) is 1.24. The van der Waals surface area contributed by atoms with Gasteiger partial charge in [-0.1, -0.05) is 20.3 Å². The fourth-order valence-electron chi connectivity index (χ4n) is 1.97. The Labute approximate surface area is 113 Å². The molecule has 3 unspecified atom stereocenters. The highest BCUT2D eigenvalue weighted by Crippen LogP contribution is 2.19. The van der Waals surface area contributed by atoms with E-state index in [9.17, 15) is 19.5 Å². The van der Waals surface area contributed by atoms with Gasteiger partial charge < -0.3 is 10.2 Å². The van der Waals surface area contributed by atoms with Gasteiger partial charge in [-0.3, -0.25) is 19.3 Å². The molecule has 0 aliphatic heterocycles. The number of carbonyl (C=O) groups is 3. The van der Waals surface area contributed by atoms with Crippen LogP contribution >= 0.6 is 0 Å². The standard InChI is InChI=1S/C13H23NO5/c1-5-8(2)12(13(18)19)14(7-6-11(16)17)9(3)10(4)15/h8-9,12H,5-7H2,1-4H3,(H,16,17)(H,18,19). The van der Waals surface area contributed by atoms with Gasteiger partial charge in [-0.05, 0) is 19.8 Å². The summed E-state index contributed by atoms with van der Waals surface area (Å²) >= 11 is 0. The van der Waals surface area contributed by atoms with Gasteiger partial charge in [0.1, 0.15) is 11.8 Å². The zero-order valence-corrected chi connectivity index (χ0v) is 11.9. The van der Waals surface area contributed by atoms with Gasteiger partial charge in [0.25, 0.3) is 0 Å². The lowest BCUT2D eigenvalue weighted by molar-refractivity contribution is -0.149. The molecule has 0 fully saturated rings. The first-order chi connectivity index (χ1) is 8.72. The number of Topliss-reactive ketones (excluding diaryl/α,β-unsaturated/α-hetero) is 1. The molecule has 0 saturated carbocycles. The quantitative estimate of drug-likeness (QED) is 0.656. The van der Waals surface area contributed by atoms with Crippen molar-refractivity contribution in [3.05, 3.63) is 0 Å². The van der Waals surface area contributed by atoms with Crippen LogP contribution in [0.25, 0.3) is 0 Å². The van der Waals surface area contributed by atoms with Crippen molar-refractivity contribution in [1.29, 1.82) is 0 Å². The summed E-state index contributed by atoms with van der Waals surface area (Å²) in [6.45, 7) is 6.71. The summed E-state index contributed by atoms with van der Waals surface area (Å²) in [5.74, 6) is -2.35. The Morgan fingerprint density at radius 1 is 1.16 bits per heavy atom. The predicted molar refractivity (Wildman–Crippen MR) is 70.0 cm³/mol. The second kappa shape index (κ2) is 7.89. The van der Waals surface area contributed by atoms with E-state index in [-0.39, 0.29) is 24.7 Å². The first-order valence-corrected chi connectivity index (χ1v) is 6.43.